The van der Waals surface area contributed by atoms with Gasteiger partial charge in [-0.15, -0.1) is 0 Å². The molecule has 72 valence electrons. The normalized spacial score (nSPS) is 10.5. The molecule has 0 amide bonds. The van der Waals surface area contributed by atoms with Gasteiger partial charge in [0.05, 0.1) is 0 Å². The van der Waals surface area contributed by atoms with Crippen LogP contribution in [0.3, 0.4) is 0 Å². The minimum absolute atomic E-state index is 2.40. The highest BCUT2D eigenvalue weighted by Gasteiger charge is 2.56. The maximum atomic E-state index is 10.2. The first kappa shape index (κ1) is 10.9. The second-order valence-electron chi connectivity index (χ2n) is 2.22. The number of carbonyl (C=O) groups is 4. The van der Waals surface area contributed by atoms with Gasteiger partial charge in [-0.05, 0) is 0 Å². The van der Waals surface area contributed by atoms with Crippen molar-refractivity contribution in [1.82, 2.24) is 0 Å². The minimum Gasteiger partial charge on any atom is -0.513 e. The smallest absolute Gasteiger partial charge is 0.445 e. The predicted molar refractivity (Wildman–Crippen MR) is 37.9 cm³/mol. The van der Waals surface area contributed by atoms with Crippen molar-refractivity contribution in [2.45, 2.75) is 0 Å². The molecule has 0 aliphatic heterocycles. The van der Waals surface area contributed by atoms with Gasteiger partial charge in [-0.25, -0.2) is 0 Å². The zero-order chi connectivity index (χ0) is 10.8. The molecule has 0 atom stereocenters. The first-order valence-corrected chi connectivity index (χ1v) is 2.87. The van der Waals surface area contributed by atoms with Gasteiger partial charge in [0.1, 0.15) is 0 Å². The van der Waals surface area contributed by atoms with Crippen LogP contribution in [-0.4, -0.2) is 50.0 Å². The van der Waals surface area contributed by atoms with Gasteiger partial charge in [0.2, 0.25) is 0 Å². The molecule has 0 aliphatic rings. The number of hydrogen-bond donors (Lipinski definition) is 4. The summed E-state index contributed by atoms with van der Waals surface area (Å²) in [6, 6.07) is 0. The molecule has 0 heterocycles. The standard InChI is InChI=1S/C4H4BO8/c6-1(7)5(2(8)9,3(10)11)4(12)13/h(H,6,7)(H,8,9)(H,10,11)(H,12,13)/q-1. The predicted octanol–water partition coefficient (Wildman–Crippen LogP) is 0.474. The van der Waals surface area contributed by atoms with Gasteiger partial charge < -0.3 is 39.6 Å². The molecule has 0 aromatic rings. The molecule has 0 spiro atoms. The van der Waals surface area contributed by atoms with E-state index >= 15 is 0 Å². The van der Waals surface area contributed by atoms with E-state index in [1.54, 1.807) is 0 Å². The number of rotatable bonds is 4. The molecule has 0 rings (SSSR count). The fourth-order valence-corrected chi connectivity index (χ4v) is 0.634. The summed E-state index contributed by atoms with van der Waals surface area (Å²) in [6.07, 6.45) is -4.56. The molecule has 0 aromatic carbocycles. The molecule has 8 nitrogen and oxygen atoms in total. The Labute approximate surface area is 70.3 Å². The van der Waals surface area contributed by atoms with Gasteiger partial charge in [-0.3, -0.25) is 0 Å². The SMILES string of the molecule is O=C(O)[B-](C(=O)O)(C(=O)O)C(=O)O. The summed E-state index contributed by atoms with van der Waals surface area (Å²) >= 11 is 0. The van der Waals surface area contributed by atoms with E-state index in [0.717, 1.165) is 0 Å². The Balaban J connectivity index is 5.60. The van der Waals surface area contributed by atoms with Crippen molar-refractivity contribution in [2.75, 3.05) is 0 Å². The molecule has 9 heteroatoms. The topological polar surface area (TPSA) is 149 Å². The van der Waals surface area contributed by atoms with Gasteiger partial charge in [-0.1, -0.05) is 0 Å². The Morgan fingerprint density at radius 3 is 0.769 bits per heavy atom. The zero-order valence-corrected chi connectivity index (χ0v) is 6.00. The Kier molecular flexibility index (Phi) is 2.64. The molecule has 0 fully saturated rings. The molecule has 0 saturated heterocycles. The van der Waals surface area contributed by atoms with Crippen molar-refractivity contribution in [1.29, 1.82) is 0 Å². The lowest BCUT2D eigenvalue weighted by molar-refractivity contribution is 0.195. The lowest BCUT2D eigenvalue weighted by atomic mass is 9.24. The molecular weight excluding hydrogens is 187 g/mol. The molecule has 0 saturated carbocycles. The average Bonchev–Trinajstić information content (AvgIpc) is 1.82. The van der Waals surface area contributed by atoms with Crippen molar-refractivity contribution < 1.29 is 39.6 Å². The third kappa shape index (κ3) is 1.30. The molecule has 0 aliphatic carbocycles. The summed E-state index contributed by atoms with van der Waals surface area (Å²) in [6.45, 7) is 0. The molecule has 13 heavy (non-hydrogen) atoms. The van der Waals surface area contributed by atoms with Gasteiger partial charge in [-0.2, -0.15) is 0 Å². The van der Waals surface area contributed by atoms with Crippen LogP contribution in [0.15, 0.2) is 0 Å². The van der Waals surface area contributed by atoms with Gasteiger partial charge in [0.15, 0.2) is 23.5 Å². The van der Waals surface area contributed by atoms with E-state index in [-0.39, 0.29) is 0 Å². The third-order valence-corrected chi connectivity index (χ3v) is 1.48. The molecule has 0 bridgehead atoms. The fraction of sp³-hybridized carbons (Fsp3) is 0. The van der Waals surface area contributed by atoms with Crippen molar-refractivity contribution in [2.24, 2.45) is 0 Å². The summed E-state index contributed by atoms with van der Waals surface area (Å²) in [4.78, 5) is 40.9. The molecule has 0 aromatic heterocycles. The van der Waals surface area contributed by atoms with Gasteiger partial charge in [0.25, 0.3) is 0 Å². The Hall–Kier alpha value is -2.06. The van der Waals surface area contributed by atoms with Crippen molar-refractivity contribution in [3.05, 3.63) is 0 Å². The van der Waals surface area contributed by atoms with Crippen LogP contribution in [0.1, 0.15) is 0 Å². The highest BCUT2D eigenvalue weighted by molar-refractivity contribution is 7.51. The van der Waals surface area contributed by atoms with Crippen LogP contribution in [0.4, 0.5) is 19.2 Å². The summed E-state index contributed by atoms with van der Waals surface area (Å²) in [5.41, 5.74) is 0. The van der Waals surface area contributed by atoms with Crippen LogP contribution < -0.4 is 0 Å². The molecular formula is C4H4BO8-. The number of carboxylic acid groups (broad SMARTS) is 4. The quantitative estimate of drug-likeness (QED) is 0.468. The van der Waals surface area contributed by atoms with E-state index in [1.807, 2.05) is 0 Å². The zero-order valence-electron chi connectivity index (χ0n) is 6.00. The maximum Gasteiger partial charge on any atom is 0.445 e. The largest absolute Gasteiger partial charge is 0.513 e. The maximum absolute atomic E-state index is 10.2. The lowest BCUT2D eigenvalue weighted by Gasteiger charge is -2.20. The lowest BCUT2D eigenvalue weighted by Crippen LogP contribution is -2.64. The van der Waals surface area contributed by atoms with Crippen LogP contribution in [0, 0.1) is 0 Å². The second kappa shape index (κ2) is 3.13. The molecule has 4 N–H and O–H groups in total. The molecule has 0 radical (unpaired) electrons. The fourth-order valence-electron chi connectivity index (χ4n) is 0.634. The van der Waals surface area contributed by atoms with E-state index in [2.05, 4.69) is 0 Å². The Morgan fingerprint density at radius 1 is 0.615 bits per heavy atom. The first-order chi connectivity index (χ1) is 5.77. The van der Waals surface area contributed by atoms with Crippen LogP contribution in [0.25, 0.3) is 0 Å². The summed E-state index contributed by atoms with van der Waals surface area (Å²) < 4.78 is 0. The Morgan fingerprint density at radius 2 is 0.769 bits per heavy atom. The van der Waals surface area contributed by atoms with Crippen molar-refractivity contribution >= 4 is 29.6 Å². The second-order valence-corrected chi connectivity index (χ2v) is 2.22. The van der Waals surface area contributed by atoms with Gasteiger partial charge in [0, 0.05) is 0 Å². The molecule has 0 unspecified atom stereocenters. The van der Waals surface area contributed by atoms with Crippen LogP contribution in [-0.2, 0) is 0 Å². The number of hydrogen-bond acceptors (Lipinski definition) is 4. The van der Waals surface area contributed by atoms with Crippen LogP contribution in [0.2, 0.25) is 0 Å². The third-order valence-electron chi connectivity index (χ3n) is 1.48. The highest BCUT2D eigenvalue weighted by Crippen LogP contribution is 2.09. The van der Waals surface area contributed by atoms with E-state index in [0.29, 0.717) is 0 Å². The minimum atomic E-state index is -4.56. The van der Waals surface area contributed by atoms with Crippen LogP contribution >= 0.6 is 0 Å². The van der Waals surface area contributed by atoms with E-state index in [4.69, 9.17) is 20.4 Å². The average molecular weight is 191 g/mol. The monoisotopic (exact) mass is 191 g/mol. The summed E-state index contributed by atoms with van der Waals surface area (Å²) in [7, 11) is 0. The van der Waals surface area contributed by atoms with Crippen molar-refractivity contribution in [3.63, 3.8) is 0 Å². The van der Waals surface area contributed by atoms with E-state index in [9.17, 15) is 19.2 Å². The van der Waals surface area contributed by atoms with E-state index in [1.165, 1.54) is 0 Å². The first-order valence-electron chi connectivity index (χ1n) is 2.87. The summed E-state index contributed by atoms with van der Waals surface area (Å²) in [5, 5.41) is 32.9. The Bertz CT molecular complexity index is 231. The van der Waals surface area contributed by atoms with Gasteiger partial charge >= 0.3 is 6.15 Å². The van der Waals surface area contributed by atoms with Crippen molar-refractivity contribution in [3.8, 4) is 0 Å². The summed E-state index contributed by atoms with van der Waals surface area (Å²) in [5.74, 6) is -9.58. The highest BCUT2D eigenvalue weighted by atomic mass is 16.4. The van der Waals surface area contributed by atoms with Crippen LogP contribution in [0.5, 0.6) is 0 Å². The van der Waals surface area contributed by atoms with E-state index < -0.39 is 29.6 Å².